The minimum atomic E-state index is -4.58. The van der Waals surface area contributed by atoms with Gasteiger partial charge in [-0.25, -0.2) is 0 Å². The van der Waals surface area contributed by atoms with E-state index < -0.39 is 17.6 Å². The maximum absolute atomic E-state index is 12.9. The first-order valence-corrected chi connectivity index (χ1v) is 7.56. The average Bonchev–Trinajstić information content (AvgIpc) is 3.02. The van der Waals surface area contributed by atoms with E-state index in [1.165, 1.54) is 12.1 Å². The van der Waals surface area contributed by atoms with E-state index >= 15 is 0 Å². The second-order valence-electron chi connectivity index (χ2n) is 5.26. The molecule has 2 aromatic heterocycles. The van der Waals surface area contributed by atoms with Gasteiger partial charge in [-0.1, -0.05) is 17.7 Å². The molecule has 26 heavy (non-hydrogen) atoms. The van der Waals surface area contributed by atoms with Crippen LogP contribution in [0.25, 0.3) is 5.65 Å². The van der Waals surface area contributed by atoms with Gasteiger partial charge in [-0.05, 0) is 24.3 Å². The summed E-state index contributed by atoms with van der Waals surface area (Å²) in [4.78, 5) is 12.2. The van der Waals surface area contributed by atoms with Crippen molar-refractivity contribution in [2.45, 2.75) is 12.7 Å². The monoisotopic (exact) mass is 379 g/mol. The fourth-order valence-corrected chi connectivity index (χ4v) is 2.51. The van der Waals surface area contributed by atoms with E-state index in [0.29, 0.717) is 5.56 Å². The molecular weight excluding hydrogens is 371 g/mol. The quantitative estimate of drug-likeness (QED) is 0.757. The molecule has 0 aliphatic carbocycles. The van der Waals surface area contributed by atoms with Crippen LogP contribution in [0.2, 0.25) is 5.02 Å². The van der Waals surface area contributed by atoms with Gasteiger partial charge in [-0.3, -0.25) is 9.20 Å². The molecule has 0 saturated carbocycles. The van der Waals surface area contributed by atoms with Crippen LogP contribution < -0.4 is 5.32 Å². The summed E-state index contributed by atoms with van der Waals surface area (Å²) in [6, 6.07) is 8.69. The predicted octanol–water partition coefficient (Wildman–Crippen LogP) is 3.20. The van der Waals surface area contributed by atoms with Gasteiger partial charge in [0.2, 0.25) is 0 Å². The molecule has 1 N–H and O–H groups in total. The van der Waals surface area contributed by atoms with Crippen LogP contribution >= 0.6 is 11.6 Å². The number of alkyl halides is 3. The zero-order valence-corrected chi connectivity index (χ0v) is 13.6. The number of halogens is 4. The second kappa shape index (κ2) is 6.65. The molecule has 1 amide bonds. The average molecular weight is 380 g/mol. The standard InChI is InChI=1S/C16H9ClF3N5O/c17-12-5-11(16(18,19)20)8-25-13(23-24-14(12)25)7-22-15(26)10-3-1-2-9(4-10)6-21/h1-5,8H,7H2,(H,22,26). The maximum Gasteiger partial charge on any atom is 0.417 e. The number of hydrogen-bond donors (Lipinski definition) is 1. The summed E-state index contributed by atoms with van der Waals surface area (Å²) >= 11 is 5.83. The number of nitrogens with one attached hydrogen (secondary N) is 1. The predicted molar refractivity (Wildman–Crippen MR) is 85.3 cm³/mol. The Balaban J connectivity index is 1.86. The molecule has 6 nitrogen and oxygen atoms in total. The van der Waals surface area contributed by atoms with E-state index in [0.717, 1.165) is 16.7 Å². The zero-order valence-electron chi connectivity index (χ0n) is 12.9. The van der Waals surface area contributed by atoms with Gasteiger partial charge in [0, 0.05) is 11.8 Å². The number of benzene rings is 1. The van der Waals surface area contributed by atoms with Crippen molar-refractivity contribution in [2.24, 2.45) is 0 Å². The Morgan fingerprint density at radius 1 is 1.31 bits per heavy atom. The first kappa shape index (κ1) is 17.7. The lowest BCUT2D eigenvalue weighted by Crippen LogP contribution is -2.24. The molecule has 0 saturated heterocycles. The molecule has 0 bridgehead atoms. The van der Waals surface area contributed by atoms with Crippen molar-refractivity contribution in [3.63, 3.8) is 0 Å². The van der Waals surface area contributed by atoms with Gasteiger partial charge in [0.1, 0.15) is 0 Å². The molecule has 0 aliphatic rings. The number of nitriles is 1. The van der Waals surface area contributed by atoms with Gasteiger partial charge in [0.25, 0.3) is 5.91 Å². The van der Waals surface area contributed by atoms with Crippen LogP contribution in [-0.2, 0) is 12.7 Å². The lowest BCUT2D eigenvalue weighted by molar-refractivity contribution is -0.137. The third-order valence-corrected chi connectivity index (χ3v) is 3.80. The number of carbonyl (C=O) groups excluding carboxylic acids is 1. The first-order valence-electron chi connectivity index (χ1n) is 7.18. The fraction of sp³-hybridized carbons (Fsp3) is 0.125. The number of fused-ring (bicyclic) bond motifs is 1. The third-order valence-electron chi connectivity index (χ3n) is 3.52. The largest absolute Gasteiger partial charge is 0.417 e. The van der Waals surface area contributed by atoms with Crippen molar-refractivity contribution in [1.82, 2.24) is 19.9 Å². The lowest BCUT2D eigenvalue weighted by Gasteiger charge is -2.09. The Kier molecular flexibility index (Phi) is 4.52. The van der Waals surface area contributed by atoms with E-state index in [2.05, 4.69) is 15.5 Å². The van der Waals surface area contributed by atoms with E-state index in [1.54, 1.807) is 12.1 Å². The Morgan fingerprint density at radius 3 is 2.77 bits per heavy atom. The summed E-state index contributed by atoms with van der Waals surface area (Å²) in [5.74, 6) is -0.422. The van der Waals surface area contributed by atoms with Crippen LogP contribution in [0.3, 0.4) is 0 Å². The van der Waals surface area contributed by atoms with Gasteiger partial charge in [0.15, 0.2) is 11.5 Å². The highest BCUT2D eigenvalue weighted by Crippen LogP contribution is 2.32. The molecule has 2 heterocycles. The third kappa shape index (κ3) is 3.45. The number of hydrogen-bond acceptors (Lipinski definition) is 4. The molecule has 0 aliphatic heterocycles. The highest BCUT2D eigenvalue weighted by Gasteiger charge is 2.32. The lowest BCUT2D eigenvalue weighted by atomic mass is 10.1. The fourth-order valence-electron chi connectivity index (χ4n) is 2.27. The summed E-state index contributed by atoms with van der Waals surface area (Å²) in [5.41, 5.74) is -0.349. The van der Waals surface area contributed by atoms with Crippen molar-refractivity contribution in [2.75, 3.05) is 0 Å². The smallest absolute Gasteiger partial charge is 0.345 e. The molecule has 10 heteroatoms. The van der Waals surface area contributed by atoms with E-state index in [4.69, 9.17) is 16.9 Å². The molecule has 3 rings (SSSR count). The molecule has 0 spiro atoms. The second-order valence-corrected chi connectivity index (χ2v) is 5.67. The Labute approximate surface area is 149 Å². The van der Waals surface area contributed by atoms with E-state index in [9.17, 15) is 18.0 Å². The summed E-state index contributed by atoms with van der Waals surface area (Å²) in [7, 11) is 0. The van der Waals surface area contributed by atoms with Gasteiger partial charge in [-0.2, -0.15) is 18.4 Å². The number of aromatic nitrogens is 3. The Bertz CT molecular complexity index is 1040. The number of carbonyl (C=O) groups is 1. The SMILES string of the molecule is N#Cc1cccc(C(=O)NCc2nnc3c(Cl)cc(C(F)(F)F)cn23)c1. The number of amides is 1. The number of pyridine rings is 1. The van der Waals surface area contributed by atoms with Crippen molar-refractivity contribution in [3.05, 3.63) is 64.1 Å². The minimum absolute atomic E-state index is 0.0513. The van der Waals surface area contributed by atoms with Gasteiger partial charge >= 0.3 is 6.18 Å². The number of rotatable bonds is 3. The zero-order chi connectivity index (χ0) is 18.9. The summed E-state index contributed by atoms with van der Waals surface area (Å²) in [6.45, 7) is -0.172. The van der Waals surface area contributed by atoms with Gasteiger partial charge < -0.3 is 5.32 Å². The van der Waals surface area contributed by atoms with Crippen molar-refractivity contribution in [3.8, 4) is 6.07 Å². The maximum atomic E-state index is 12.9. The molecule has 0 unspecified atom stereocenters. The molecule has 3 aromatic rings. The molecular formula is C16H9ClF3N5O. The van der Waals surface area contributed by atoms with E-state index in [-0.39, 0.29) is 28.6 Å². The molecule has 1 aromatic carbocycles. The van der Waals surface area contributed by atoms with Crippen LogP contribution in [0.4, 0.5) is 13.2 Å². The Morgan fingerprint density at radius 2 is 2.08 bits per heavy atom. The molecule has 132 valence electrons. The van der Waals surface area contributed by atoms with Crippen LogP contribution in [0.5, 0.6) is 0 Å². The topological polar surface area (TPSA) is 83.1 Å². The molecule has 0 fully saturated rings. The van der Waals surface area contributed by atoms with Crippen molar-refractivity contribution in [1.29, 1.82) is 5.26 Å². The molecule has 0 atom stereocenters. The number of nitrogens with zero attached hydrogens (tertiary/aromatic N) is 4. The molecule has 0 radical (unpaired) electrons. The van der Waals surface area contributed by atoms with Crippen LogP contribution in [0, 0.1) is 11.3 Å². The Hall–Kier alpha value is -3.12. The van der Waals surface area contributed by atoms with Crippen molar-refractivity contribution >= 4 is 23.2 Å². The van der Waals surface area contributed by atoms with Crippen LogP contribution in [0.1, 0.15) is 27.3 Å². The summed E-state index contributed by atoms with van der Waals surface area (Å²) in [5, 5.41) is 18.7. The van der Waals surface area contributed by atoms with Crippen molar-refractivity contribution < 1.29 is 18.0 Å². The van der Waals surface area contributed by atoms with Gasteiger partial charge in [0.05, 0.1) is 28.8 Å². The minimum Gasteiger partial charge on any atom is -0.345 e. The van der Waals surface area contributed by atoms with Crippen LogP contribution in [0.15, 0.2) is 36.5 Å². The normalized spacial score (nSPS) is 11.3. The highest BCUT2D eigenvalue weighted by atomic mass is 35.5. The summed E-state index contributed by atoms with van der Waals surface area (Å²) in [6.07, 6.45) is -3.76. The first-order chi connectivity index (χ1) is 12.3. The van der Waals surface area contributed by atoms with E-state index in [1.807, 2.05) is 6.07 Å². The van der Waals surface area contributed by atoms with Gasteiger partial charge in [-0.15, -0.1) is 10.2 Å². The van der Waals surface area contributed by atoms with Crippen LogP contribution in [-0.4, -0.2) is 20.5 Å². The highest BCUT2D eigenvalue weighted by molar-refractivity contribution is 6.33. The summed E-state index contributed by atoms with van der Waals surface area (Å²) < 4.78 is 39.9.